The average molecular weight is 152 g/mol. The first-order valence-electron chi connectivity index (χ1n) is 4.31. The molecule has 1 fully saturated rings. The largest absolute Gasteiger partial charge is 0.310 e. The van der Waals surface area contributed by atoms with E-state index in [2.05, 4.69) is 18.3 Å². The summed E-state index contributed by atoms with van der Waals surface area (Å²) in [6.07, 6.45) is 3.88. The first-order chi connectivity index (χ1) is 5.16. The van der Waals surface area contributed by atoms with Crippen molar-refractivity contribution in [3.05, 3.63) is 0 Å². The summed E-state index contributed by atoms with van der Waals surface area (Å²) in [5.74, 6) is 0.146. The Hall–Kier alpha value is -0.550. The summed E-state index contributed by atoms with van der Waals surface area (Å²) < 4.78 is 0. The number of nitrogens with zero attached hydrogens (tertiary/aromatic N) is 1. The Morgan fingerprint density at radius 1 is 1.64 bits per heavy atom. The molecule has 1 N–H and O–H groups in total. The van der Waals surface area contributed by atoms with Crippen LogP contribution in [0.25, 0.3) is 0 Å². The summed E-state index contributed by atoms with van der Waals surface area (Å²) in [4.78, 5) is 0. The fraction of sp³-hybridized carbons (Fsp3) is 0.889. The average Bonchev–Trinajstić information content (AvgIpc) is 1.96. The fourth-order valence-electron chi connectivity index (χ4n) is 1.33. The van der Waals surface area contributed by atoms with Gasteiger partial charge in [-0.15, -0.1) is 0 Å². The molecule has 1 saturated carbocycles. The van der Waals surface area contributed by atoms with Gasteiger partial charge in [-0.25, -0.2) is 0 Å². The molecule has 0 aromatic carbocycles. The van der Waals surface area contributed by atoms with Crippen LogP contribution in [-0.4, -0.2) is 12.1 Å². The van der Waals surface area contributed by atoms with Gasteiger partial charge in [0.25, 0.3) is 0 Å². The molecule has 11 heavy (non-hydrogen) atoms. The molecule has 0 saturated heterocycles. The summed E-state index contributed by atoms with van der Waals surface area (Å²) in [5, 5.41) is 12.0. The first kappa shape index (κ1) is 8.55. The molecular formula is C9H16N2. The molecule has 1 aliphatic rings. The molecular weight excluding hydrogens is 136 g/mol. The van der Waals surface area contributed by atoms with Gasteiger partial charge in [0, 0.05) is 12.1 Å². The van der Waals surface area contributed by atoms with Crippen LogP contribution in [0, 0.1) is 17.2 Å². The van der Waals surface area contributed by atoms with Gasteiger partial charge in [0.1, 0.15) is 0 Å². The molecule has 0 radical (unpaired) electrons. The highest BCUT2D eigenvalue weighted by Gasteiger charge is 2.30. The minimum absolute atomic E-state index is 0.146. The molecule has 1 unspecified atom stereocenters. The Balaban J connectivity index is 2.17. The van der Waals surface area contributed by atoms with Crippen molar-refractivity contribution < 1.29 is 0 Å². The maximum atomic E-state index is 8.53. The normalized spacial score (nSPS) is 23.4. The van der Waals surface area contributed by atoms with E-state index in [1.807, 2.05) is 6.92 Å². The molecule has 0 aliphatic heterocycles. The van der Waals surface area contributed by atoms with Gasteiger partial charge >= 0.3 is 0 Å². The number of rotatable bonds is 3. The summed E-state index contributed by atoms with van der Waals surface area (Å²) in [7, 11) is 0. The molecule has 62 valence electrons. The lowest BCUT2D eigenvalue weighted by atomic mass is 9.78. The van der Waals surface area contributed by atoms with Crippen LogP contribution >= 0.6 is 0 Å². The van der Waals surface area contributed by atoms with Crippen LogP contribution in [0.15, 0.2) is 0 Å². The van der Waals surface area contributed by atoms with E-state index >= 15 is 0 Å². The Kier molecular flexibility index (Phi) is 2.51. The predicted octanol–water partition coefficient (Wildman–Crippen LogP) is 1.68. The van der Waals surface area contributed by atoms with Crippen LogP contribution in [0.2, 0.25) is 0 Å². The van der Waals surface area contributed by atoms with Crippen LogP contribution in [0.4, 0.5) is 0 Å². The second kappa shape index (κ2) is 3.23. The van der Waals surface area contributed by atoms with Crippen molar-refractivity contribution in [1.82, 2.24) is 5.32 Å². The van der Waals surface area contributed by atoms with Gasteiger partial charge in [-0.3, -0.25) is 0 Å². The highest BCUT2D eigenvalue weighted by Crippen LogP contribution is 2.30. The zero-order chi connectivity index (χ0) is 8.32. The zero-order valence-corrected chi connectivity index (χ0v) is 7.35. The van der Waals surface area contributed by atoms with E-state index in [0.29, 0.717) is 5.54 Å². The molecule has 2 heteroatoms. The van der Waals surface area contributed by atoms with E-state index in [-0.39, 0.29) is 5.92 Å². The topological polar surface area (TPSA) is 35.8 Å². The maximum absolute atomic E-state index is 8.53. The van der Waals surface area contributed by atoms with Crippen LogP contribution < -0.4 is 5.32 Å². The Morgan fingerprint density at radius 2 is 2.27 bits per heavy atom. The van der Waals surface area contributed by atoms with Crippen molar-refractivity contribution >= 4 is 0 Å². The minimum atomic E-state index is 0.146. The number of hydrogen-bond donors (Lipinski definition) is 1. The highest BCUT2D eigenvalue weighted by molar-refractivity contribution is 4.93. The molecule has 1 aliphatic carbocycles. The summed E-state index contributed by atoms with van der Waals surface area (Å²) in [6, 6.07) is 2.22. The third-order valence-corrected chi connectivity index (χ3v) is 2.51. The highest BCUT2D eigenvalue weighted by atomic mass is 15.0. The molecule has 0 bridgehead atoms. The minimum Gasteiger partial charge on any atom is -0.310 e. The Labute approximate surface area is 68.6 Å². The number of nitriles is 1. The van der Waals surface area contributed by atoms with Crippen LogP contribution in [0.3, 0.4) is 0 Å². The molecule has 0 aromatic rings. The van der Waals surface area contributed by atoms with Crippen molar-refractivity contribution in [1.29, 1.82) is 5.26 Å². The molecule has 0 heterocycles. The summed E-state index contributed by atoms with van der Waals surface area (Å²) in [6.45, 7) is 5.03. The third kappa shape index (κ3) is 2.20. The number of hydrogen-bond acceptors (Lipinski definition) is 2. The second-order valence-corrected chi connectivity index (χ2v) is 3.83. The van der Waals surface area contributed by atoms with Crippen LogP contribution in [0.1, 0.15) is 33.1 Å². The van der Waals surface area contributed by atoms with E-state index in [4.69, 9.17) is 5.26 Å². The summed E-state index contributed by atoms with van der Waals surface area (Å²) >= 11 is 0. The monoisotopic (exact) mass is 152 g/mol. The van der Waals surface area contributed by atoms with Crippen molar-refractivity contribution in [2.75, 3.05) is 6.54 Å². The van der Waals surface area contributed by atoms with E-state index in [1.165, 1.54) is 19.3 Å². The molecule has 0 amide bonds. The van der Waals surface area contributed by atoms with Gasteiger partial charge in [-0.2, -0.15) is 5.26 Å². The van der Waals surface area contributed by atoms with Gasteiger partial charge in [-0.1, -0.05) is 0 Å². The lowest BCUT2D eigenvalue weighted by Gasteiger charge is -2.39. The van der Waals surface area contributed by atoms with Crippen molar-refractivity contribution in [3.63, 3.8) is 0 Å². The van der Waals surface area contributed by atoms with E-state index in [1.54, 1.807) is 0 Å². The van der Waals surface area contributed by atoms with Crippen molar-refractivity contribution in [2.24, 2.45) is 5.92 Å². The van der Waals surface area contributed by atoms with Crippen molar-refractivity contribution in [3.8, 4) is 6.07 Å². The lowest BCUT2D eigenvalue weighted by Crippen LogP contribution is -2.49. The fourth-order valence-corrected chi connectivity index (χ4v) is 1.33. The smallest absolute Gasteiger partial charge is 0.0666 e. The van der Waals surface area contributed by atoms with Crippen LogP contribution in [0.5, 0.6) is 0 Å². The molecule has 0 aromatic heterocycles. The standard InChI is InChI=1S/C9H16N2/c1-8(6-10)7-11-9(2)4-3-5-9/h8,11H,3-5,7H2,1-2H3. The molecule has 1 atom stereocenters. The van der Waals surface area contributed by atoms with Gasteiger partial charge in [0.05, 0.1) is 12.0 Å². The molecule has 1 rings (SSSR count). The predicted molar refractivity (Wildman–Crippen MR) is 45.0 cm³/mol. The molecule has 2 nitrogen and oxygen atoms in total. The van der Waals surface area contributed by atoms with Gasteiger partial charge in [0.15, 0.2) is 0 Å². The van der Waals surface area contributed by atoms with E-state index in [9.17, 15) is 0 Å². The third-order valence-electron chi connectivity index (χ3n) is 2.51. The van der Waals surface area contributed by atoms with Crippen molar-refractivity contribution in [2.45, 2.75) is 38.6 Å². The quantitative estimate of drug-likeness (QED) is 0.667. The van der Waals surface area contributed by atoms with E-state index in [0.717, 1.165) is 6.54 Å². The van der Waals surface area contributed by atoms with Gasteiger partial charge in [0.2, 0.25) is 0 Å². The number of nitrogens with one attached hydrogen (secondary N) is 1. The second-order valence-electron chi connectivity index (χ2n) is 3.83. The van der Waals surface area contributed by atoms with Gasteiger partial charge in [-0.05, 0) is 33.1 Å². The van der Waals surface area contributed by atoms with Gasteiger partial charge < -0.3 is 5.32 Å². The maximum Gasteiger partial charge on any atom is 0.0666 e. The Bertz CT molecular complexity index is 165. The Morgan fingerprint density at radius 3 is 2.64 bits per heavy atom. The SMILES string of the molecule is CC(C#N)CNC1(C)CCC1. The molecule has 0 spiro atoms. The first-order valence-corrected chi connectivity index (χ1v) is 4.31. The van der Waals surface area contributed by atoms with Crippen LogP contribution in [-0.2, 0) is 0 Å². The summed E-state index contributed by atoms with van der Waals surface area (Å²) in [5.41, 5.74) is 0.352. The van der Waals surface area contributed by atoms with E-state index < -0.39 is 0 Å². The lowest BCUT2D eigenvalue weighted by molar-refractivity contribution is 0.205. The zero-order valence-electron chi connectivity index (χ0n) is 7.35.